The summed E-state index contributed by atoms with van der Waals surface area (Å²) in [5, 5.41) is 0. The Labute approximate surface area is 261 Å². The van der Waals surface area contributed by atoms with Crippen LogP contribution in [0.1, 0.15) is 84.0 Å². The second kappa shape index (κ2) is 15.5. The minimum absolute atomic E-state index is 0.467. The summed E-state index contributed by atoms with van der Waals surface area (Å²) in [6.07, 6.45) is 18.8. The van der Waals surface area contributed by atoms with E-state index in [9.17, 15) is 0 Å². The van der Waals surface area contributed by atoms with E-state index in [4.69, 9.17) is 4.74 Å². The Balaban J connectivity index is 1.58. The average molecular weight is 588 g/mol. The highest BCUT2D eigenvalue weighted by Crippen LogP contribution is 2.29. The fraction of sp³-hybridized carbons (Fsp3) is 0.595. The molecule has 0 N–H and O–H groups in total. The number of hydrogen-bond donors (Lipinski definition) is 0. The lowest BCUT2D eigenvalue weighted by Crippen LogP contribution is -2.50. The largest absolute Gasteiger partial charge is 0.495 e. The van der Waals surface area contributed by atoms with Gasteiger partial charge in [0.25, 0.3) is 0 Å². The Kier molecular flexibility index (Phi) is 11.8. The first-order valence-corrected chi connectivity index (χ1v) is 16.7. The number of piperidine rings is 1. The van der Waals surface area contributed by atoms with Crippen LogP contribution in [-0.4, -0.2) is 38.3 Å². The van der Waals surface area contributed by atoms with Crippen LogP contribution in [0.2, 0.25) is 0 Å². The van der Waals surface area contributed by atoms with E-state index in [2.05, 4.69) is 115 Å². The van der Waals surface area contributed by atoms with E-state index in [1.807, 2.05) is 12.4 Å². The second-order valence-corrected chi connectivity index (χ2v) is 13.5. The summed E-state index contributed by atoms with van der Waals surface area (Å²) in [5.74, 6) is 2.62. The number of hydrogen-bond acceptors (Lipinski definition) is 4. The normalized spacial score (nSPS) is 16.1. The van der Waals surface area contributed by atoms with Crippen LogP contribution in [0.3, 0.4) is 0 Å². The van der Waals surface area contributed by atoms with Crippen molar-refractivity contribution in [2.75, 3.05) is 43.1 Å². The fourth-order valence-corrected chi connectivity index (χ4v) is 6.76. The molecule has 1 saturated heterocycles. The van der Waals surface area contributed by atoms with Crippen molar-refractivity contribution < 1.29 is 13.9 Å². The van der Waals surface area contributed by atoms with Gasteiger partial charge in [0.05, 0.1) is 19.9 Å². The zero-order valence-corrected chi connectivity index (χ0v) is 28.2. The Morgan fingerprint density at radius 1 is 0.930 bits per heavy atom. The molecule has 0 bridgehead atoms. The molecule has 0 radical (unpaired) electrons. The van der Waals surface area contributed by atoms with Crippen molar-refractivity contribution in [2.45, 2.75) is 93.2 Å². The third kappa shape index (κ3) is 8.70. The average Bonchev–Trinajstić information content (AvgIpc) is 2.99. The fourth-order valence-electron chi connectivity index (χ4n) is 6.76. The minimum Gasteiger partial charge on any atom is -0.495 e. The molecule has 43 heavy (non-hydrogen) atoms. The minimum atomic E-state index is 0.467. The van der Waals surface area contributed by atoms with Crippen LogP contribution < -0.4 is 23.7 Å². The van der Waals surface area contributed by atoms with Crippen molar-refractivity contribution in [3.63, 3.8) is 0 Å². The van der Waals surface area contributed by atoms with Crippen molar-refractivity contribution in [1.29, 1.82) is 0 Å². The van der Waals surface area contributed by atoms with Gasteiger partial charge in [-0.25, -0.2) is 4.57 Å². The van der Waals surface area contributed by atoms with E-state index >= 15 is 0 Å². The number of aromatic nitrogens is 3. The lowest BCUT2D eigenvalue weighted by molar-refractivity contribution is -0.721. The molecular formula is C37H57N5O+2. The molecule has 4 rings (SSSR count). The van der Waals surface area contributed by atoms with E-state index in [0.29, 0.717) is 23.8 Å². The van der Waals surface area contributed by atoms with Gasteiger partial charge in [-0.1, -0.05) is 34.6 Å². The molecule has 1 aliphatic rings. The molecule has 2 unspecified atom stereocenters. The van der Waals surface area contributed by atoms with Gasteiger partial charge in [0.15, 0.2) is 37.4 Å². The molecule has 3 aromatic heterocycles. The third-order valence-corrected chi connectivity index (χ3v) is 8.83. The Hall–Kier alpha value is -3.15. The first-order valence-electron chi connectivity index (χ1n) is 16.7. The van der Waals surface area contributed by atoms with Gasteiger partial charge in [-0.15, -0.1) is 0 Å². The van der Waals surface area contributed by atoms with Gasteiger partial charge in [0, 0.05) is 50.3 Å². The number of nitrogens with zero attached hydrogens (tertiary/aromatic N) is 5. The van der Waals surface area contributed by atoms with Crippen LogP contribution in [0.5, 0.6) is 5.75 Å². The topological polar surface area (TPSA) is 36.4 Å². The molecule has 234 valence electrons. The van der Waals surface area contributed by atoms with Crippen LogP contribution >= 0.6 is 0 Å². The summed E-state index contributed by atoms with van der Waals surface area (Å²) >= 11 is 0. The Morgan fingerprint density at radius 2 is 1.65 bits per heavy atom. The van der Waals surface area contributed by atoms with Crippen molar-refractivity contribution in [3.8, 4) is 5.75 Å². The molecule has 0 spiro atoms. The molecule has 6 heteroatoms. The van der Waals surface area contributed by atoms with Crippen LogP contribution in [0.15, 0.2) is 55.4 Å². The molecule has 0 amide bonds. The highest BCUT2D eigenvalue weighted by Gasteiger charge is 2.30. The second-order valence-electron chi connectivity index (χ2n) is 13.5. The van der Waals surface area contributed by atoms with Crippen LogP contribution in [0.4, 0.5) is 11.4 Å². The SMILES string of the molecule is CCN(CC)c1c[n+](C2CCCN(c3c[n+](CC(C)Cc4ccncc4OC)ccc3CC(C)C)C2)ccc1CC(C)C. The first-order chi connectivity index (χ1) is 20.7. The maximum atomic E-state index is 5.57. The highest BCUT2D eigenvalue weighted by atomic mass is 16.5. The molecule has 4 heterocycles. The zero-order valence-electron chi connectivity index (χ0n) is 28.2. The number of ether oxygens (including phenoxy) is 1. The van der Waals surface area contributed by atoms with Crippen molar-refractivity contribution in [2.24, 2.45) is 17.8 Å². The van der Waals surface area contributed by atoms with Gasteiger partial charge < -0.3 is 14.5 Å². The smallest absolute Gasteiger partial charge is 0.192 e. The summed E-state index contributed by atoms with van der Waals surface area (Å²) in [4.78, 5) is 9.43. The summed E-state index contributed by atoms with van der Waals surface area (Å²) < 4.78 is 10.5. The predicted molar refractivity (Wildman–Crippen MR) is 178 cm³/mol. The molecule has 6 nitrogen and oxygen atoms in total. The summed E-state index contributed by atoms with van der Waals surface area (Å²) in [6, 6.07) is 7.33. The molecule has 3 aromatic rings. The van der Waals surface area contributed by atoms with Gasteiger partial charge in [-0.3, -0.25) is 4.98 Å². The van der Waals surface area contributed by atoms with Gasteiger partial charge in [0.2, 0.25) is 0 Å². The van der Waals surface area contributed by atoms with Crippen LogP contribution in [0, 0.1) is 17.8 Å². The van der Waals surface area contributed by atoms with Crippen LogP contribution in [-0.2, 0) is 25.8 Å². The van der Waals surface area contributed by atoms with Gasteiger partial charge in [-0.05, 0) is 74.1 Å². The lowest BCUT2D eigenvalue weighted by atomic mass is 9.98. The van der Waals surface area contributed by atoms with Gasteiger partial charge >= 0.3 is 0 Å². The van der Waals surface area contributed by atoms with Crippen molar-refractivity contribution in [1.82, 2.24) is 4.98 Å². The maximum Gasteiger partial charge on any atom is 0.192 e. The Bertz CT molecular complexity index is 1300. The first kappa shape index (κ1) is 32.8. The predicted octanol–water partition coefficient (Wildman–Crippen LogP) is 6.63. The van der Waals surface area contributed by atoms with E-state index in [-0.39, 0.29) is 0 Å². The molecule has 0 aromatic carbocycles. The number of anilines is 2. The standard InChI is InChI=1S/C37H57N5O/c1-9-40(10-2)36-27-41(19-15-32(36)21-29(5)6)34-12-11-17-42(25-34)35-26-39(18-14-31(35)20-28(3)4)24-30(7)22-33-13-16-38-23-37(33)43-8/h13-16,18-19,23,26-30,34H,9-12,17,20-22,24-25H2,1-8H3/q+2. The van der Waals surface area contributed by atoms with Crippen molar-refractivity contribution in [3.05, 3.63) is 72.1 Å². The van der Waals surface area contributed by atoms with E-state index in [1.54, 1.807) is 7.11 Å². The summed E-state index contributed by atoms with van der Waals surface area (Å²) in [6.45, 7) is 21.4. The van der Waals surface area contributed by atoms with E-state index < -0.39 is 0 Å². The quantitative estimate of drug-likeness (QED) is 0.199. The van der Waals surface area contributed by atoms with Gasteiger partial charge in [-0.2, -0.15) is 4.57 Å². The molecule has 2 atom stereocenters. The number of rotatable bonds is 14. The third-order valence-electron chi connectivity index (χ3n) is 8.83. The molecule has 0 saturated carbocycles. The highest BCUT2D eigenvalue weighted by molar-refractivity contribution is 5.52. The number of methoxy groups -OCH3 is 1. The molecular weight excluding hydrogens is 530 g/mol. The molecule has 1 aliphatic heterocycles. The summed E-state index contributed by atoms with van der Waals surface area (Å²) in [5.41, 5.74) is 6.99. The molecule has 1 fully saturated rings. The monoisotopic (exact) mass is 587 g/mol. The summed E-state index contributed by atoms with van der Waals surface area (Å²) in [7, 11) is 1.73. The zero-order chi connectivity index (χ0) is 30.9. The molecule has 0 aliphatic carbocycles. The maximum absolute atomic E-state index is 5.57. The van der Waals surface area contributed by atoms with Gasteiger partial charge in [0.1, 0.15) is 17.1 Å². The number of pyridine rings is 3. The van der Waals surface area contributed by atoms with Crippen molar-refractivity contribution >= 4 is 11.4 Å². The van der Waals surface area contributed by atoms with E-state index in [1.165, 1.54) is 40.9 Å². The Morgan fingerprint density at radius 3 is 2.35 bits per heavy atom. The van der Waals surface area contributed by atoms with E-state index in [0.717, 1.165) is 57.7 Å². The van der Waals surface area contributed by atoms with Crippen LogP contribution in [0.25, 0.3) is 0 Å². The lowest BCUT2D eigenvalue weighted by Gasteiger charge is -2.33.